The van der Waals surface area contributed by atoms with Crippen LogP contribution in [0.2, 0.25) is 5.02 Å². The van der Waals surface area contributed by atoms with Crippen LogP contribution in [0.5, 0.6) is 0 Å². The summed E-state index contributed by atoms with van der Waals surface area (Å²) >= 11 is 5.95. The zero-order valence-corrected chi connectivity index (χ0v) is 16.5. The molecule has 29 heavy (non-hydrogen) atoms. The van der Waals surface area contributed by atoms with Gasteiger partial charge in [-0.25, -0.2) is 4.79 Å². The van der Waals surface area contributed by atoms with Gasteiger partial charge in [0.25, 0.3) is 0 Å². The van der Waals surface area contributed by atoms with Crippen molar-refractivity contribution in [3.8, 4) is 17.1 Å². The third-order valence-electron chi connectivity index (χ3n) is 5.01. The molecule has 0 bridgehead atoms. The van der Waals surface area contributed by atoms with Gasteiger partial charge in [-0.05, 0) is 37.1 Å². The first-order valence-electron chi connectivity index (χ1n) is 9.50. The zero-order chi connectivity index (χ0) is 20.4. The summed E-state index contributed by atoms with van der Waals surface area (Å²) in [6.07, 6.45) is 0.917. The van der Waals surface area contributed by atoms with Gasteiger partial charge in [0.1, 0.15) is 6.54 Å². The molecule has 3 aromatic rings. The summed E-state index contributed by atoms with van der Waals surface area (Å²) in [5, 5.41) is 14.9. The predicted octanol–water partition coefficient (Wildman–Crippen LogP) is 2.34. The predicted molar refractivity (Wildman–Crippen MR) is 110 cm³/mol. The highest BCUT2D eigenvalue weighted by Crippen LogP contribution is 2.18. The molecular formula is C21H21ClN4O3. The van der Waals surface area contributed by atoms with E-state index in [9.17, 15) is 14.7 Å². The van der Waals surface area contributed by atoms with Gasteiger partial charge < -0.3 is 10.0 Å². The van der Waals surface area contributed by atoms with E-state index in [2.05, 4.69) is 5.10 Å². The number of likely N-dealkylation sites (tertiary alicyclic amines) is 1. The Kier molecular flexibility index (Phi) is 5.51. The minimum atomic E-state index is -0.519. The highest BCUT2D eigenvalue weighted by atomic mass is 35.5. The number of amides is 1. The van der Waals surface area contributed by atoms with Crippen LogP contribution in [-0.2, 0) is 11.3 Å². The van der Waals surface area contributed by atoms with E-state index in [-0.39, 0.29) is 12.5 Å². The van der Waals surface area contributed by atoms with Crippen molar-refractivity contribution < 1.29 is 9.90 Å². The van der Waals surface area contributed by atoms with Gasteiger partial charge in [0, 0.05) is 23.7 Å². The number of β-amino-alcohol motifs (C(OH)–C–C–N with tert-alkyl or cyclic N) is 1. The average molecular weight is 413 g/mol. The second-order valence-electron chi connectivity index (χ2n) is 7.08. The van der Waals surface area contributed by atoms with Crippen LogP contribution in [0.1, 0.15) is 12.8 Å². The lowest BCUT2D eigenvalue weighted by Gasteiger charge is -2.30. The SMILES string of the molecule is O=C(Cn1c(-c2ccccc2)nn(-c2ccc(Cl)cc2)c1=O)N1CCCC(O)C1. The molecule has 1 saturated heterocycles. The molecule has 150 valence electrons. The Bertz CT molecular complexity index is 1060. The minimum absolute atomic E-state index is 0.136. The molecule has 1 atom stereocenters. The average Bonchev–Trinajstić information content (AvgIpc) is 3.05. The van der Waals surface area contributed by atoms with Gasteiger partial charge in [-0.2, -0.15) is 4.68 Å². The maximum absolute atomic E-state index is 13.1. The van der Waals surface area contributed by atoms with Crippen molar-refractivity contribution in [2.45, 2.75) is 25.5 Å². The van der Waals surface area contributed by atoms with E-state index < -0.39 is 11.8 Å². The maximum atomic E-state index is 13.1. The van der Waals surface area contributed by atoms with Gasteiger partial charge in [-0.3, -0.25) is 9.36 Å². The van der Waals surface area contributed by atoms with Crippen molar-refractivity contribution in [1.29, 1.82) is 0 Å². The normalized spacial score (nSPS) is 16.8. The van der Waals surface area contributed by atoms with Crippen molar-refractivity contribution in [3.63, 3.8) is 0 Å². The van der Waals surface area contributed by atoms with Gasteiger partial charge in [-0.1, -0.05) is 41.9 Å². The van der Waals surface area contributed by atoms with Crippen molar-refractivity contribution in [2.24, 2.45) is 0 Å². The molecule has 0 saturated carbocycles. The number of halogens is 1. The van der Waals surface area contributed by atoms with Gasteiger partial charge in [0.15, 0.2) is 5.82 Å². The van der Waals surface area contributed by atoms with E-state index in [1.54, 1.807) is 29.2 Å². The molecule has 2 heterocycles. The van der Waals surface area contributed by atoms with Crippen LogP contribution in [0.15, 0.2) is 59.4 Å². The van der Waals surface area contributed by atoms with Crippen LogP contribution < -0.4 is 5.69 Å². The van der Waals surface area contributed by atoms with Crippen molar-refractivity contribution in [2.75, 3.05) is 13.1 Å². The molecule has 1 fully saturated rings. The number of nitrogens with zero attached hydrogens (tertiary/aromatic N) is 4. The largest absolute Gasteiger partial charge is 0.391 e. The third-order valence-corrected chi connectivity index (χ3v) is 5.26. The summed E-state index contributed by atoms with van der Waals surface area (Å²) in [5.41, 5.74) is 0.900. The first-order valence-corrected chi connectivity index (χ1v) is 9.88. The number of carbonyl (C=O) groups is 1. The molecule has 1 N–H and O–H groups in total. The number of rotatable bonds is 4. The lowest BCUT2D eigenvalue weighted by Crippen LogP contribution is -2.44. The van der Waals surface area contributed by atoms with E-state index in [4.69, 9.17) is 11.6 Å². The number of aromatic nitrogens is 3. The van der Waals surface area contributed by atoms with Gasteiger partial charge in [-0.15, -0.1) is 5.10 Å². The van der Waals surface area contributed by atoms with Crippen LogP contribution in [0.3, 0.4) is 0 Å². The molecule has 8 heteroatoms. The van der Waals surface area contributed by atoms with E-state index in [0.29, 0.717) is 36.0 Å². The monoisotopic (exact) mass is 412 g/mol. The second kappa shape index (κ2) is 8.23. The summed E-state index contributed by atoms with van der Waals surface area (Å²) in [5.74, 6) is 0.204. The number of aliphatic hydroxyl groups is 1. The molecule has 1 amide bonds. The summed E-state index contributed by atoms with van der Waals surface area (Å²) in [4.78, 5) is 27.6. The summed E-state index contributed by atoms with van der Waals surface area (Å²) in [6, 6.07) is 16.1. The summed E-state index contributed by atoms with van der Waals surface area (Å²) in [6.45, 7) is 0.736. The standard InChI is InChI=1S/C21H21ClN4O3/c22-16-8-10-17(11-9-16)26-21(29)25(20(23-26)15-5-2-1-3-6-15)14-19(28)24-12-4-7-18(27)13-24/h1-3,5-6,8-11,18,27H,4,7,12-14H2. The number of hydrogen-bond acceptors (Lipinski definition) is 4. The number of aliphatic hydroxyl groups excluding tert-OH is 1. The third kappa shape index (κ3) is 4.11. The molecule has 1 aliphatic heterocycles. The fourth-order valence-electron chi connectivity index (χ4n) is 3.51. The van der Waals surface area contributed by atoms with Crippen LogP contribution in [-0.4, -0.2) is 49.5 Å². The Balaban J connectivity index is 1.74. The maximum Gasteiger partial charge on any atom is 0.351 e. The zero-order valence-electron chi connectivity index (χ0n) is 15.7. The van der Waals surface area contributed by atoms with E-state index in [1.807, 2.05) is 30.3 Å². The highest BCUT2D eigenvalue weighted by Gasteiger charge is 2.25. The van der Waals surface area contributed by atoms with Crippen molar-refractivity contribution >= 4 is 17.5 Å². The Morgan fingerprint density at radius 1 is 1.14 bits per heavy atom. The van der Waals surface area contributed by atoms with E-state index >= 15 is 0 Å². The lowest BCUT2D eigenvalue weighted by atomic mass is 10.1. The molecule has 2 aromatic carbocycles. The summed E-state index contributed by atoms with van der Waals surface area (Å²) in [7, 11) is 0. The molecular weight excluding hydrogens is 392 g/mol. The number of hydrogen-bond donors (Lipinski definition) is 1. The Morgan fingerprint density at radius 2 is 1.86 bits per heavy atom. The van der Waals surface area contributed by atoms with Gasteiger partial charge in [0.2, 0.25) is 5.91 Å². The molecule has 1 aliphatic rings. The molecule has 1 aromatic heterocycles. The summed E-state index contributed by atoms with van der Waals surface area (Å²) < 4.78 is 2.66. The molecule has 0 aliphatic carbocycles. The molecule has 0 radical (unpaired) electrons. The Morgan fingerprint density at radius 3 is 2.55 bits per heavy atom. The fourth-order valence-corrected chi connectivity index (χ4v) is 3.63. The van der Waals surface area contributed by atoms with Crippen LogP contribution in [0.25, 0.3) is 17.1 Å². The first kappa shape index (κ1) is 19.4. The van der Waals surface area contributed by atoms with Crippen LogP contribution in [0, 0.1) is 0 Å². The molecule has 1 unspecified atom stereocenters. The van der Waals surface area contributed by atoms with Crippen molar-refractivity contribution in [3.05, 3.63) is 70.1 Å². The van der Waals surface area contributed by atoms with E-state index in [0.717, 1.165) is 12.0 Å². The quantitative estimate of drug-likeness (QED) is 0.713. The van der Waals surface area contributed by atoms with Crippen molar-refractivity contribution in [1.82, 2.24) is 19.2 Å². The number of piperidine rings is 1. The number of carbonyl (C=O) groups excluding carboxylic acids is 1. The smallest absolute Gasteiger partial charge is 0.351 e. The number of benzene rings is 2. The topological polar surface area (TPSA) is 80.4 Å². The van der Waals surface area contributed by atoms with Gasteiger partial charge in [0.05, 0.1) is 11.8 Å². The minimum Gasteiger partial charge on any atom is -0.391 e. The lowest BCUT2D eigenvalue weighted by molar-refractivity contribution is -0.134. The molecule has 7 nitrogen and oxygen atoms in total. The Labute approximate surface area is 172 Å². The second-order valence-corrected chi connectivity index (χ2v) is 7.52. The van der Waals surface area contributed by atoms with E-state index in [1.165, 1.54) is 9.25 Å². The fraction of sp³-hybridized carbons (Fsp3) is 0.286. The Hall–Kier alpha value is -2.90. The van der Waals surface area contributed by atoms with Gasteiger partial charge >= 0.3 is 5.69 Å². The van der Waals surface area contributed by atoms with Crippen LogP contribution >= 0.6 is 11.6 Å². The molecule has 4 rings (SSSR count). The highest BCUT2D eigenvalue weighted by molar-refractivity contribution is 6.30. The first-order chi connectivity index (χ1) is 14.0. The molecule has 0 spiro atoms. The van der Waals surface area contributed by atoms with Crippen LogP contribution in [0.4, 0.5) is 0 Å².